The number of allylic oxidation sites excluding steroid dienone is 5. The van der Waals surface area contributed by atoms with Crippen molar-refractivity contribution in [2.24, 2.45) is 15.9 Å². The minimum Gasteiger partial charge on any atom is -0.381 e. The highest BCUT2D eigenvalue weighted by Gasteiger charge is 2.28. The van der Waals surface area contributed by atoms with E-state index in [0.29, 0.717) is 19.0 Å². The van der Waals surface area contributed by atoms with Crippen LogP contribution in [0.4, 0.5) is 0 Å². The van der Waals surface area contributed by atoms with Gasteiger partial charge in [-0.1, -0.05) is 76.2 Å². The Morgan fingerprint density at radius 3 is 2.84 bits per heavy atom. The van der Waals surface area contributed by atoms with Gasteiger partial charge in [-0.25, -0.2) is 4.99 Å². The first-order chi connectivity index (χ1) is 20.8. The van der Waals surface area contributed by atoms with Crippen LogP contribution in [-0.4, -0.2) is 42.1 Å². The summed E-state index contributed by atoms with van der Waals surface area (Å²) >= 11 is 0. The van der Waals surface area contributed by atoms with Crippen LogP contribution in [0.3, 0.4) is 0 Å². The van der Waals surface area contributed by atoms with Crippen LogP contribution < -0.4 is 16.0 Å². The van der Waals surface area contributed by atoms with E-state index in [1.807, 2.05) is 0 Å². The van der Waals surface area contributed by atoms with E-state index in [2.05, 4.69) is 115 Å². The molecule has 0 aromatic carbocycles. The number of fused-ring (bicyclic) bond motifs is 1. The summed E-state index contributed by atoms with van der Waals surface area (Å²) < 4.78 is 0. The lowest BCUT2D eigenvalue weighted by atomic mass is 9.96. The molecule has 2 atom stereocenters. The van der Waals surface area contributed by atoms with Crippen molar-refractivity contribution in [2.75, 3.05) is 19.6 Å². The number of rotatable bonds is 10. The maximum atomic E-state index is 4.96. The number of aliphatic imine (C=N–C) groups is 2. The SMILES string of the molecule is C=C1CN=C(C2=C/CCCC(NC(=C)C3=CC(C(=C)NCC4=CC(C)=C(CCC)C#CC4)=NC4=CCCN43)C(C)/C=C\2)N1. The van der Waals surface area contributed by atoms with E-state index in [-0.39, 0.29) is 6.04 Å². The molecule has 0 spiro atoms. The van der Waals surface area contributed by atoms with Gasteiger partial charge in [0.1, 0.15) is 11.7 Å². The molecule has 0 saturated heterocycles. The van der Waals surface area contributed by atoms with Gasteiger partial charge in [-0.2, -0.15) is 0 Å². The van der Waals surface area contributed by atoms with Crippen LogP contribution in [0.15, 0.2) is 117 Å². The third kappa shape index (κ3) is 7.40. The summed E-state index contributed by atoms with van der Waals surface area (Å²) in [7, 11) is 0. The minimum absolute atomic E-state index is 0.265. The van der Waals surface area contributed by atoms with Gasteiger partial charge in [-0.3, -0.25) is 4.99 Å². The van der Waals surface area contributed by atoms with Crippen LogP contribution in [-0.2, 0) is 0 Å². The molecule has 0 saturated carbocycles. The summed E-state index contributed by atoms with van der Waals surface area (Å²) in [5.41, 5.74) is 9.56. The third-order valence-electron chi connectivity index (χ3n) is 8.51. The van der Waals surface area contributed by atoms with Crippen LogP contribution >= 0.6 is 0 Å². The maximum Gasteiger partial charge on any atom is 0.132 e. The molecule has 43 heavy (non-hydrogen) atoms. The number of nitrogens with zero attached hydrogens (tertiary/aromatic N) is 3. The Bertz CT molecular complexity index is 1490. The van der Waals surface area contributed by atoms with E-state index in [4.69, 9.17) is 4.99 Å². The molecule has 3 heterocycles. The molecule has 5 aliphatic rings. The molecule has 2 unspecified atom stereocenters. The van der Waals surface area contributed by atoms with Crippen LogP contribution in [0, 0.1) is 17.8 Å². The molecule has 224 valence electrons. The lowest BCUT2D eigenvalue weighted by Crippen LogP contribution is -2.37. The van der Waals surface area contributed by atoms with Crippen molar-refractivity contribution >= 4 is 11.5 Å². The third-order valence-corrected chi connectivity index (χ3v) is 8.51. The monoisotopic (exact) mass is 574 g/mol. The number of amidine groups is 1. The lowest BCUT2D eigenvalue weighted by Gasteiger charge is -2.32. The minimum atomic E-state index is 0.265. The second kappa shape index (κ2) is 13.8. The van der Waals surface area contributed by atoms with Crippen molar-refractivity contribution in [2.45, 2.75) is 71.8 Å². The Balaban J connectivity index is 1.26. The van der Waals surface area contributed by atoms with Gasteiger partial charge in [0, 0.05) is 42.4 Å². The molecule has 2 aliphatic carbocycles. The van der Waals surface area contributed by atoms with Crippen molar-refractivity contribution in [1.82, 2.24) is 20.9 Å². The fourth-order valence-electron chi connectivity index (χ4n) is 5.98. The Morgan fingerprint density at radius 2 is 2.05 bits per heavy atom. The summed E-state index contributed by atoms with van der Waals surface area (Å²) in [5, 5.41) is 10.7. The Labute approximate surface area is 258 Å². The highest BCUT2D eigenvalue weighted by atomic mass is 15.3. The molecular formula is C37H46N6. The molecule has 0 aromatic heterocycles. The zero-order chi connectivity index (χ0) is 30.3. The van der Waals surface area contributed by atoms with E-state index in [9.17, 15) is 0 Å². The Morgan fingerprint density at radius 1 is 1.19 bits per heavy atom. The fourth-order valence-corrected chi connectivity index (χ4v) is 5.98. The highest BCUT2D eigenvalue weighted by Crippen LogP contribution is 2.31. The summed E-state index contributed by atoms with van der Waals surface area (Å²) in [6, 6.07) is 0.265. The van der Waals surface area contributed by atoms with Crippen LogP contribution in [0.2, 0.25) is 0 Å². The van der Waals surface area contributed by atoms with Gasteiger partial charge in [-0.05, 0) is 68.2 Å². The zero-order valence-electron chi connectivity index (χ0n) is 26.2. The van der Waals surface area contributed by atoms with Crippen molar-refractivity contribution in [3.05, 3.63) is 107 Å². The van der Waals surface area contributed by atoms with Crippen molar-refractivity contribution in [3.8, 4) is 11.8 Å². The molecule has 5 rings (SSSR count). The molecule has 6 heteroatoms. The molecule has 3 N–H and O–H groups in total. The van der Waals surface area contributed by atoms with Gasteiger partial charge in [0.25, 0.3) is 0 Å². The van der Waals surface area contributed by atoms with Crippen molar-refractivity contribution in [3.63, 3.8) is 0 Å². The van der Waals surface area contributed by atoms with Crippen molar-refractivity contribution < 1.29 is 0 Å². The first kappa shape index (κ1) is 30.2. The van der Waals surface area contributed by atoms with Crippen LogP contribution in [0.25, 0.3) is 0 Å². The molecule has 0 radical (unpaired) electrons. The summed E-state index contributed by atoms with van der Waals surface area (Å²) in [4.78, 5) is 11.8. The second-order valence-corrected chi connectivity index (χ2v) is 12.0. The van der Waals surface area contributed by atoms with Gasteiger partial charge in [0.15, 0.2) is 0 Å². The van der Waals surface area contributed by atoms with Crippen molar-refractivity contribution in [1.29, 1.82) is 0 Å². The normalized spacial score (nSPS) is 25.4. The molecule has 0 aromatic rings. The van der Waals surface area contributed by atoms with Gasteiger partial charge >= 0.3 is 0 Å². The molecule has 3 aliphatic heterocycles. The lowest BCUT2D eigenvalue weighted by molar-refractivity contribution is 0.407. The standard InChI is InChI=1S/C37H46N6/c1-7-12-31-15-10-13-30(21-26(31)3)24-38-28(5)34-22-35(43-20-11-17-36(43)42-34)29(6)41-33-16-9-8-14-32(19-18-25(33)2)37-39-23-27(4)40-37/h14,17-19,21-22,25,33,38,41H,4-9,11-13,16,20,23-24H2,1-3H3,(H,39,40)/b19-18-,32-14+. The summed E-state index contributed by atoms with van der Waals surface area (Å²) in [6.07, 6.45) is 20.4. The highest BCUT2D eigenvalue weighted by molar-refractivity contribution is 6.09. The van der Waals surface area contributed by atoms with Gasteiger partial charge < -0.3 is 20.9 Å². The Kier molecular flexibility index (Phi) is 9.72. The van der Waals surface area contributed by atoms with Gasteiger partial charge in [0.05, 0.1) is 29.3 Å². The predicted molar refractivity (Wildman–Crippen MR) is 181 cm³/mol. The molecule has 0 bridgehead atoms. The van der Waals surface area contributed by atoms with E-state index in [1.54, 1.807) is 0 Å². The van der Waals surface area contributed by atoms with E-state index >= 15 is 0 Å². The average Bonchev–Trinajstić information content (AvgIpc) is 3.63. The zero-order valence-corrected chi connectivity index (χ0v) is 26.2. The predicted octanol–water partition coefficient (Wildman–Crippen LogP) is 6.72. The fraction of sp³-hybridized carbons (Fsp3) is 0.405. The van der Waals surface area contributed by atoms with Gasteiger partial charge in [0.2, 0.25) is 0 Å². The van der Waals surface area contributed by atoms with Gasteiger partial charge in [-0.15, -0.1) is 0 Å². The Hall–Kier alpha value is -4.24. The summed E-state index contributed by atoms with van der Waals surface area (Å²) in [6.45, 7) is 21.8. The summed E-state index contributed by atoms with van der Waals surface area (Å²) in [5.74, 6) is 8.94. The first-order valence-corrected chi connectivity index (χ1v) is 15.8. The van der Waals surface area contributed by atoms with E-state index < -0.39 is 0 Å². The topological polar surface area (TPSA) is 64.0 Å². The number of hydrogen-bond acceptors (Lipinski definition) is 6. The van der Waals surface area contributed by atoms with E-state index in [0.717, 1.165) is 97.2 Å². The first-order valence-electron chi connectivity index (χ1n) is 15.8. The quantitative estimate of drug-likeness (QED) is 0.254. The van der Waals surface area contributed by atoms with E-state index in [1.165, 1.54) is 16.7 Å². The molecular weight excluding hydrogens is 528 g/mol. The van der Waals surface area contributed by atoms with Crippen LogP contribution in [0.1, 0.15) is 65.7 Å². The largest absolute Gasteiger partial charge is 0.381 e. The molecule has 0 fully saturated rings. The average molecular weight is 575 g/mol. The second-order valence-electron chi connectivity index (χ2n) is 12.0. The maximum absolute atomic E-state index is 4.96. The molecule has 0 amide bonds. The smallest absolute Gasteiger partial charge is 0.132 e. The number of hydrogen-bond donors (Lipinski definition) is 3. The number of nitrogens with one attached hydrogen (secondary N) is 3. The van der Waals surface area contributed by atoms with Crippen LogP contribution in [0.5, 0.6) is 0 Å². The molecule has 6 nitrogen and oxygen atoms in total.